The Labute approximate surface area is 153 Å². The number of hydrogen-bond acceptors (Lipinski definition) is 4. The summed E-state index contributed by atoms with van der Waals surface area (Å²) in [4.78, 5) is 22.9. The first-order valence-corrected chi connectivity index (χ1v) is 8.52. The van der Waals surface area contributed by atoms with Crippen molar-refractivity contribution in [3.8, 4) is 5.75 Å². The minimum absolute atomic E-state index is 0.0692. The van der Waals surface area contributed by atoms with Gasteiger partial charge in [0.05, 0.1) is 10.6 Å². The van der Waals surface area contributed by atoms with Gasteiger partial charge in [0.25, 0.3) is 11.6 Å². The maximum absolute atomic E-state index is 12.5. The second-order valence-corrected chi connectivity index (χ2v) is 6.70. The van der Waals surface area contributed by atoms with E-state index in [-0.39, 0.29) is 17.5 Å². The monoisotopic (exact) mass is 356 g/mol. The van der Waals surface area contributed by atoms with Gasteiger partial charge in [-0.15, -0.1) is 0 Å². The third-order valence-corrected chi connectivity index (χ3v) is 4.15. The molecule has 0 radical (unpaired) electrons. The summed E-state index contributed by atoms with van der Waals surface area (Å²) in [6, 6.07) is 10.3. The molecule has 0 heterocycles. The first-order valence-electron chi connectivity index (χ1n) is 8.52. The molecule has 2 aromatic carbocycles. The van der Waals surface area contributed by atoms with E-state index >= 15 is 0 Å². The lowest BCUT2D eigenvalue weighted by molar-refractivity contribution is -0.384. The van der Waals surface area contributed by atoms with Gasteiger partial charge in [-0.1, -0.05) is 32.0 Å². The zero-order chi connectivity index (χ0) is 19.4. The second kappa shape index (κ2) is 7.99. The summed E-state index contributed by atoms with van der Waals surface area (Å²) >= 11 is 0. The van der Waals surface area contributed by atoms with Crippen LogP contribution in [0.25, 0.3) is 0 Å². The van der Waals surface area contributed by atoms with E-state index in [1.165, 1.54) is 12.1 Å². The molecule has 0 saturated heterocycles. The number of rotatable bonds is 6. The Morgan fingerprint density at radius 1 is 1.12 bits per heavy atom. The van der Waals surface area contributed by atoms with E-state index in [4.69, 9.17) is 4.74 Å². The smallest absolute Gasteiger partial charge is 0.271 e. The molecule has 6 heteroatoms. The zero-order valence-electron chi connectivity index (χ0n) is 15.7. The van der Waals surface area contributed by atoms with Crippen LogP contribution in [-0.4, -0.2) is 16.9 Å². The molecule has 0 aliphatic rings. The van der Waals surface area contributed by atoms with E-state index in [9.17, 15) is 14.9 Å². The summed E-state index contributed by atoms with van der Waals surface area (Å²) in [7, 11) is 0. The number of benzene rings is 2. The summed E-state index contributed by atoms with van der Waals surface area (Å²) < 4.78 is 5.89. The van der Waals surface area contributed by atoms with Crippen LogP contribution in [0.15, 0.2) is 36.4 Å². The Balaban J connectivity index is 2.18. The predicted molar refractivity (Wildman–Crippen MR) is 102 cm³/mol. The molecule has 6 nitrogen and oxygen atoms in total. The Morgan fingerprint density at radius 2 is 1.81 bits per heavy atom. The number of nitrogens with zero attached hydrogens (tertiary/aromatic N) is 1. The fourth-order valence-electron chi connectivity index (χ4n) is 2.56. The minimum Gasteiger partial charge on any atom is -0.481 e. The van der Waals surface area contributed by atoms with Gasteiger partial charge in [-0.05, 0) is 49.4 Å². The van der Waals surface area contributed by atoms with Crippen LogP contribution in [-0.2, 0) is 4.79 Å². The molecular weight excluding hydrogens is 332 g/mol. The second-order valence-electron chi connectivity index (χ2n) is 6.70. The number of ether oxygens (including phenoxy) is 1. The molecule has 1 atom stereocenters. The molecule has 2 rings (SSSR count). The lowest BCUT2D eigenvalue weighted by Crippen LogP contribution is -2.30. The number of nitrogens with one attached hydrogen (secondary N) is 1. The van der Waals surface area contributed by atoms with Crippen LogP contribution in [0.2, 0.25) is 0 Å². The van der Waals surface area contributed by atoms with E-state index in [1.54, 1.807) is 19.9 Å². The number of non-ortho nitro benzene ring substituents is 1. The van der Waals surface area contributed by atoms with Crippen molar-refractivity contribution in [1.29, 1.82) is 0 Å². The van der Waals surface area contributed by atoms with Crippen LogP contribution in [0.1, 0.15) is 43.4 Å². The first kappa shape index (κ1) is 19.4. The number of carbonyl (C=O) groups excluding carboxylic acids is 1. The molecule has 0 aliphatic carbocycles. The number of carbonyl (C=O) groups is 1. The molecular formula is C20H24N2O4. The topological polar surface area (TPSA) is 81.5 Å². The lowest BCUT2D eigenvalue weighted by atomic mass is 10.0. The number of anilines is 1. The molecule has 2 aromatic rings. The van der Waals surface area contributed by atoms with Gasteiger partial charge in [0, 0.05) is 12.1 Å². The van der Waals surface area contributed by atoms with E-state index in [0.29, 0.717) is 11.4 Å². The van der Waals surface area contributed by atoms with Gasteiger partial charge in [-0.3, -0.25) is 14.9 Å². The lowest BCUT2D eigenvalue weighted by Gasteiger charge is -2.19. The minimum atomic E-state index is -0.743. The van der Waals surface area contributed by atoms with E-state index < -0.39 is 11.0 Å². The third kappa shape index (κ3) is 4.59. The van der Waals surface area contributed by atoms with Crippen LogP contribution in [0.3, 0.4) is 0 Å². The van der Waals surface area contributed by atoms with Crippen molar-refractivity contribution in [2.24, 2.45) is 0 Å². The van der Waals surface area contributed by atoms with Crippen LogP contribution < -0.4 is 10.1 Å². The van der Waals surface area contributed by atoms with Crippen molar-refractivity contribution in [2.45, 2.75) is 46.6 Å². The van der Waals surface area contributed by atoms with Crippen LogP contribution >= 0.6 is 0 Å². The molecule has 0 unspecified atom stereocenters. The highest BCUT2D eigenvalue weighted by Crippen LogP contribution is 2.29. The first-order chi connectivity index (χ1) is 12.2. The summed E-state index contributed by atoms with van der Waals surface area (Å²) in [5.41, 5.74) is 3.16. The average Bonchev–Trinajstić information content (AvgIpc) is 2.56. The average molecular weight is 356 g/mol. The fourth-order valence-corrected chi connectivity index (χ4v) is 2.56. The molecule has 26 heavy (non-hydrogen) atoms. The maximum Gasteiger partial charge on any atom is 0.271 e. The highest BCUT2D eigenvalue weighted by atomic mass is 16.6. The summed E-state index contributed by atoms with van der Waals surface area (Å²) in [6.45, 7) is 9.54. The molecule has 0 aliphatic heterocycles. The summed E-state index contributed by atoms with van der Waals surface area (Å²) in [6.07, 6.45) is -0.743. The molecule has 138 valence electrons. The maximum atomic E-state index is 12.5. The molecule has 0 aromatic heterocycles. The Kier molecular flexibility index (Phi) is 5.97. The highest BCUT2D eigenvalue weighted by molar-refractivity contribution is 5.95. The predicted octanol–water partition coefficient (Wildman–Crippen LogP) is 4.74. The zero-order valence-corrected chi connectivity index (χ0v) is 15.7. The van der Waals surface area contributed by atoms with Gasteiger partial charge in [0.1, 0.15) is 5.75 Å². The molecule has 0 saturated carbocycles. The molecule has 0 bridgehead atoms. The Hall–Kier alpha value is -2.89. The quantitative estimate of drug-likeness (QED) is 0.598. The fraction of sp³-hybridized carbons (Fsp3) is 0.350. The van der Waals surface area contributed by atoms with Gasteiger partial charge in [0.2, 0.25) is 0 Å². The van der Waals surface area contributed by atoms with Crippen molar-refractivity contribution in [1.82, 2.24) is 0 Å². The number of hydrogen-bond donors (Lipinski definition) is 1. The van der Waals surface area contributed by atoms with Crippen LogP contribution in [0, 0.1) is 24.0 Å². The standard InChI is InChI=1S/C20H24N2O4/c1-12(2)17-9-6-13(3)10-19(17)26-15(5)20(23)21-18-11-16(22(24)25)8-7-14(18)4/h6-12,15H,1-5H3,(H,21,23)/t15-/m1/s1. The number of amides is 1. The SMILES string of the molecule is Cc1ccc(C(C)C)c(O[C@H](C)C(=O)Nc2cc([N+](=O)[O-])ccc2C)c1. The molecule has 0 spiro atoms. The third-order valence-electron chi connectivity index (χ3n) is 4.15. The van der Waals surface area contributed by atoms with Gasteiger partial charge < -0.3 is 10.1 Å². The summed E-state index contributed by atoms with van der Waals surface area (Å²) in [5, 5.41) is 13.6. The number of nitro groups is 1. The van der Waals surface area contributed by atoms with Gasteiger partial charge >= 0.3 is 0 Å². The Morgan fingerprint density at radius 3 is 2.42 bits per heavy atom. The van der Waals surface area contributed by atoms with Crippen molar-refractivity contribution < 1.29 is 14.5 Å². The van der Waals surface area contributed by atoms with Crippen molar-refractivity contribution in [3.05, 3.63) is 63.2 Å². The van der Waals surface area contributed by atoms with Crippen molar-refractivity contribution >= 4 is 17.3 Å². The largest absolute Gasteiger partial charge is 0.481 e. The molecule has 1 amide bonds. The van der Waals surface area contributed by atoms with Gasteiger partial charge in [0.15, 0.2) is 6.10 Å². The van der Waals surface area contributed by atoms with Gasteiger partial charge in [-0.25, -0.2) is 0 Å². The highest BCUT2D eigenvalue weighted by Gasteiger charge is 2.19. The van der Waals surface area contributed by atoms with E-state index in [0.717, 1.165) is 16.7 Å². The number of aryl methyl sites for hydroxylation is 2. The van der Waals surface area contributed by atoms with E-state index in [2.05, 4.69) is 19.2 Å². The van der Waals surface area contributed by atoms with Gasteiger partial charge in [-0.2, -0.15) is 0 Å². The number of nitro benzene ring substituents is 1. The normalized spacial score (nSPS) is 11.9. The molecule has 0 fully saturated rings. The van der Waals surface area contributed by atoms with E-state index in [1.807, 2.05) is 25.1 Å². The van der Waals surface area contributed by atoms with Crippen molar-refractivity contribution in [3.63, 3.8) is 0 Å². The van der Waals surface area contributed by atoms with Crippen LogP contribution in [0.5, 0.6) is 5.75 Å². The summed E-state index contributed by atoms with van der Waals surface area (Å²) in [5.74, 6) is 0.586. The van der Waals surface area contributed by atoms with Crippen LogP contribution in [0.4, 0.5) is 11.4 Å². The molecule has 1 N–H and O–H groups in total. The Bertz CT molecular complexity index is 831. The van der Waals surface area contributed by atoms with Crippen molar-refractivity contribution in [2.75, 3.05) is 5.32 Å².